The van der Waals surface area contributed by atoms with Crippen LogP contribution in [0.2, 0.25) is 0 Å². The van der Waals surface area contributed by atoms with E-state index in [0.29, 0.717) is 4.59 Å². The number of nitrogens with zero attached hydrogens (tertiary/aromatic N) is 1. The van der Waals surface area contributed by atoms with Gasteiger partial charge in [0, 0.05) is 0 Å². The molecular formula is C21H47ClN2. The molecule has 0 radical (unpaired) electrons. The number of hydrogen-bond acceptors (Lipinski definition) is 1. The molecule has 0 amide bonds. The lowest BCUT2D eigenvalue weighted by molar-refractivity contribution is -0.902. The van der Waals surface area contributed by atoms with Gasteiger partial charge in [-0.3, -0.25) is 4.59 Å². The first kappa shape index (κ1) is 26.4. The Hall–Kier alpha value is 0.210. The highest BCUT2D eigenvalue weighted by Gasteiger charge is 2.06. The standard InChI is InChI=1S/C21H47N2.ClH/c1-4-5-6-7-8-9-10-11-12-13-14-15-16-17-18-19-20-21-23(2,3)22;/h4-22H2,1-3H3;1H/q+1;/p-1. The second-order valence-electron chi connectivity index (χ2n) is 8.16. The summed E-state index contributed by atoms with van der Waals surface area (Å²) in [6, 6.07) is 0. The average Bonchev–Trinajstić information content (AvgIpc) is 2.49. The summed E-state index contributed by atoms with van der Waals surface area (Å²) in [4.78, 5) is 0. The third-order valence-electron chi connectivity index (χ3n) is 4.84. The molecule has 0 aliphatic heterocycles. The molecule has 2 N–H and O–H groups in total. The molecule has 24 heavy (non-hydrogen) atoms. The van der Waals surface area contributed by atoms with E-state index in [4.69, 9.17) is 5.84 Å². The van der Waals surface area contributed by atoms with Crippen LogP contribution in [0.25, 0.3) is 0 Å². The molecule has 0 spiro atoms. The Kier molecular flexibility index (Phi) is 21.5. The normalized spacial score (nSPS) is 11.5. The number of hydrogen-bond donors (Lipinski definition) is 1. The highest BCUT2D eigenvalue weighted by Crippen LogP contribution is 2.14. The Bertz CT molecular complexity index is 226. The van der Waals surface area contributed by atoms with E-state index in [1.165, 1.54) is 109 Å². The maximum absolute atomic E-state index is 5.94. The highest BCUT2D eigenvalue weighted by molar-refractivity contribution is 4.50. The largest absolute Gasteiger partial charge is 1.00 e. The lowest BCUT2D eigenvalue weighted by Crippen LogP contribution is -3.00. The molecule has 0 bridgehead atoms. The molecule has 0 saturated heterocycles. The lowest BCUT2D eigenvalue weighted by atomic mass is 10.0. The van der Waals surface area contributed by atoms with Gasteiger partial charge in [0.1, 0.15) is 0 Å². The van der Waals surface area contributed by atoms with Crippen LogP contribution in [-0.4, -0.2) is 25.2 Å². The van der Waals surface area contributed by atoms with Gasteiger partial charge in [0.15, 0.2) is 0 Å². The predicted octanol–water partition coefficient (Wildman–Crippen LogP) is 3.59. The average molecular weight is 363 g/mol. The first-order valence-electron chi connectivity index (χ1n) is 10.7. The summed E-state index contributed by atoms with van der Waals surface area (Å²) < 4.78 is 0.624. The van der Waals surface area contributed by atoms with Crippen molar-refractivity contribution in [3.8, 4) is 0 Å². The number of halogens is 1. The molecule has 3 heteroatoms. The first-order valence-corrected chi connectivity index (χ1v) is 10.7. The minimum Gasteiger partial charge on any atom is -1.00 e. The Labute approximate surface area is 159 Å². The molecule has 0 rings (SSSR count). The summed E-state index contributed by atoms with van der Waals surface area (Å²) in [7, 11) is 4.15. The van der Waals surface area contributed by atoms with E-state index in [0.717, 1.165) is 6.54 Å². The first-order chi connectivity index (χ1) is 11.1. The molecule has 2 nitrogen and oxygen atoms in total. The zero-order valence-electron chi connectivity index (χ0n) is 17.1. The number of rotatable bonds is 18. The monoisotopic (exact) mass is 362 g/mol. The molecule has 0 aliphatic carbocycles. The summed E-state index contributed by atoms with van der Waals surface area (Å²) in [5.41, 5.74) is 0. The number of nitrogens with two attached hydrogens (primary N) is 1. The van der Waals surface area contributed by atoms with E-state index in [1.54, 1.807) is 0 Å². The lowest BCUT2D eigenvalue weighted by Gasteiger charge is -2.21. The quantitative estimate of drug-likeness (QED) is 0.171. The van der Waals surface area contributed by atoms with Crippen LogP contribution in [0.15, 0.2) is 0 Å². The number of quaternary nitrogens is 1. The summed E-state index contributed by atoms with van der Waals surface area (Å²) in [6.45, 7) is 3.40. The SMILES string of the molecule is CCCCCCCCCCCCCCCCCCC[N+](C)(C)N.[Cl-]. The maximum atomic E-state index is 5.94. The van der Waals surface area contributed by atoms with Crippen molar-refractivity contribution in [3.05, 3.63) is 0 Å². The Morgan fingerprint density at radius 1 is 0.500 bits per heavy atom. The van der Waals surface area contributed by atoms with Crippen LogP contribution in [0.3, 0.4) is 0 Å². The maximum Gasteiger partial charge on any atom is 0.0955 e. The van der Waals surface area contributed by atoms with Crippen molar-refractivity contribution in [2.75, 3.05) is 20.6 Å². The molecule has 148 valence electrons. The minimum atomic E-state index is 0. The van der Waals surface area contributed by atoms with Crippen molar-refractivity contribution in [1.29, 1.82) is 0 Å². The van der Waals surface area contributed by atoms with Crippen molar-refractivity contribution in [2.24, 2.45) is 5.84 Å². The smallest absolute Gasteiger partial charge is 0.0955 e. The summed E-state index contributed by atoms with van der Waals surface area (Å²) in [5, 5.41) is 0. The third-order valence-corrected chi connectivity index (χ3v) is 4.84. The van der Waals surface area contributed by atoms with Crippen molar-refractivity contribution in [3.63, 3.8) is 0 Å². The van der Waals surface area contributed by atoms with Gasteiger partial charge >= 0.3 is 0 Å². The van der Waals surface area contributed by atoms with Gasteiger partial charge in [0.2, 0.25) is 0 Å². The fourth-order valence-electron chi connectivity index (χ4n) is 3.24. The van der Waals surface area contributed by atoms with Crippen molar-refractivity contribution < 1.29 is 17.0 Å². The molecule has 0 unspecified atom stereocenters. The van der Waals surface area contributed by atoms with Crippen LogP contribution >= 0.6 is 0 Å². The minimum absolute atomic E-state index is 0. The van der Waals surface area contributed by atoms with Crippen LogP contribution in [0.1, 0.15) is 116 Å². The summed E-state index contributed by atoms with van der Waals surface area (Å²) in [6.07, 6.45) is 24.4. The molecule has 0 aliphatic rings. The zero-order valence-corrected chi connectivity index (χ0v) is 17.9. The molecule has 0 atom stereocenters. The van der Waals surface area contributed by atoms with Gasteiger partial charge in [-0.05, 0) is 12.8 Å². The van der Waals surface area contributed by atoms with E-state index < -0.39 is 0 Å². The fourth-order valence-corrected chi connectivity index (χ4v) is 3.24. The zero-order chi connectivity index (χ0) is 17.2. The van der Waals surface area contributed by atoms with Crippen LogP contribution < -0.4 is 18.2 Å². The predicted molar refractivity (Wildman–Crippen MR) is 105 cm³/mol. The van der Waals surface area contributed by atoms with Gasteiger partial charge in [-0.25, -0.2) is 0 Å². The summed E-state index contributed by atoms with van der Waals surface area (Å²) in [5.74, 6) is 5.94. The molecule has 0 aromatic carbocycles. The fraction of sp³-hybridized carbons (Fsp3) is 1.00. The van der Waals surface area contributed by atoms with Crippen molar-refractivity contribution in [2.45, 2.75) is 116 Å². The van der Waals surface area contributed by atoms with E-state index in [1.807, 2.05) is 0 Å². The van der Waals surface area contributed by atoms with Gasteiger partial charge in [0.05, 0.1) is 20.6 Å². The molecule has 0 heterocycles. The Morgan fingerprint density at radius 3 is 1.00 bits per heavy atom. The Morgan fingerprint density at radius 2 is 0.750 bits per heavy atom. The molecule has 0 aromatic rings. The second-order valence-corrected chi connectivity index (χ2v) is 8.16. The van der Waals surface area contributed by atoms with Gasteiger partial charge in [-0.1, -0.05) is 103 Å². The van der Waals surface area contributed by atoms with Crippen molar-refractivity contribution in [1.82, 2.24) is 0 Å². The Balaban J connectivity index is 0. The summed E-state index contributed by atoms with van der Waals surface area (Å²) >= 11 is 0. The van der Waals surface area contributed by atoms with Gasteiger partial charge in [-0.2, -0.15) is 5.84 Å². The van der Waals surface area contributed by atoms with E-state index in [2.05, 4.69) is 21.0 Å². The third kappa shape index (κ3) is 24.5. The van der Waals surface area contributed by atoms with Crippen LogP contribution in [0.4, 0.5) is 0 Å². The molecule has 0 saturated carbocycles. The number of unbranched alkanes of at least 4 members (excludes halogenated alkanes) is 16. The second kappa shape index (κ2) is 19.5. The van der Waals surface area contributed by atoms with Crippen molar-refractivity contribution >= 4 is 0 Å². The van der Waals surface area contributed by atoms with Gasteiger partial charge in [0.25, 0.3) is 0 Å². The van der Waals surface area contributed by atoms with Crippen LogP contribution in [0, 0.1) is 0 Å². The van der Waals surface area contributed by atoms with Crippen LogP contribution in [-0.2, 0) is 0 Å². The topological polar surface area (TPSA) is 26.0 Å². The molecular weight excluding hydrogens is 316 g/mol. The van der Waals surface area contributed by atoms with E-state index >= 15 is 0 Å². The van der Waals surface area contributed by atoms with Gasteiger partial charge < -0.3 is 12.4 Å². The highest BCUT2D eigenvalue weighted by atomic mass is 35.5. The van der Waals surface area contributed by atoms with E-state index in [-0.39, 0.29) is 12.4 Å². The van der Waals surface area contributed by atoms with E-state index in [9.17, 15) is 0 Å². The van der Waals surface area contributed by atoms with Gasteiger partial charge in [-0.15, -0.1) is 0 Å². The molecule has 0 aromatic heterocycles. The van der Waals surface area contributed by atoms with Crippen LogP contribution in [0.5, 0.6) is 0 Å². The molecule has 0 fully saturated rings.